The van der Waals surface area contributed by atoms with E-state index in [-0.39, 0.29) is 5.75 Å². The quantitative estimate of drug-likeness (QED) is 0.544. The van der Waals surface area contributed by atoms with Crippen LogP contribution in [0.15, 0.2) is 36.4 Å². The van der Waals surface area contributed by atoms with E-state index in [9.17, 15) is 13.2 Å². The largest absolute Gasteiger partial charge is 0.573 e. The molecule has 2 fully saturated rings. The number of hydrogen-bond donors (Lipinski definition) is 0. The highest BCUT2D eigenvalue weighted by molar-refractivity contribution is 5.29. The predicted molar refractivity (Wildman–Crippen MR) is 98.0 cm³/mol. The van der Waals surface area contributed by atoms with Crippen molar-refractivity contribution in [1.29, 1.82) is 5.26 Å². The molecule has 2 nitrogen and oxygen atoms in total. The van der Waals surface area contributed by atoms with Crippen LogP contribution in [-0.2, 0) is 0 Å². The van der Waals surface area contributed by atoms with E-state index in [2.05, 4.69) is 16.9 Å². The molecule has 0 amide bonds. The van der Waals surface area contributed by atoms with Gasteiger partial charge < -0.3 is 4.74 Å². The Morgan fingerprint density at radius 2 is 1.44 bits per heavy atom. The van der Waals surface area contributed by atoms with Crippen LogP contribution in [-0.4, -0.2) is 6.36 Å². The fraction of sp³-hybridized carbons (Fsp3) is 0.591. The summed E-state index contributed by atoms with van der Waals surface area (Å²) in [4.78, 5) is 0. The van der Waals surface area contributed by atoms with Crippen molar-refractivity contribution in [3.63, 3.8) is 0 Å². The predicted octanol–water partition coefficient (Wildman–Crippen LogP) is 6.75. The van der Waals surface area contributed by atoms with E-state index in [1.165, 1.54) is 50.7 Å². The van der Waals surface area contributed by atoms with Crippen molar-refractivity contribution in [2.24, 2.45) is 17.8 Å². The van der Waals surface area contributed by atoms with Crippen LogP contribution in [0.3, 0.4) is 0 Å². The number of nitrogens with zero attached hydrogens (tertiary/aromatic N) is 1. The molecule has 0 atom stereocenters. The minimum absolute atomic E-state index is 0.151. The van der Waals surface area contributed by atoms with Crippen molar-refractivity contribution >= 4 is 0 Å². The van der Waals surface area contributed by atoms with Crippen molar-refractivity contribution in [2.45, 2.75) is 63.6 Å². The number of allylic oxidation sites excluding steroid dienone is 2. The van der Waals surface area contributed by atoms with Gasteiger partial charge >= 0.3 is 6.36 Å². The van der Waals surface area contributed by atoms with E-state index in [1.807, 2.05) is 0 Å². The Bertz CT molecular complexity index is 658. The summed E-state index contributed by atoms with van der Waals surface area (Å²) in [5, 5.41) is 8.64. The van der Waals surface area contributed by atoms with Crippen LogP contribution in [0.4, 0.5) is 13.2 Å². The van der Waals surface area contributed by atoms with E-state index in [0.717, 1.165) is 30.2 Å². The summed E-state index contributed by atoms with van der Waals surface area (Å²) in [5.74, 6) is 2.42. The number of hydrogen-bond acceptors (Lipinski definition) is 2. The van der Waals surface area contributed by atoms with Crippen molar-refractivity contribution in [2.75, 3.05) is 0 Å². The lowest BCUT2D eigenvalue weighted by molar-refractivity contribution is -0.274. The van der Waals surface area contributed by atoms with Crippen LogP contribution in [0, 0.1) is 29.1 Å². The van der Waals surface area contributed by atoms with Gasteiger partial charge in [-0.1, -0.05) is 18.2 Å². The normalized spacial score (nSPS) is 29.4. The molecule has 0 radical (unpaired) electrons. The zero-order chi connectivity index (χ0) is 19.3. The van der Waals surface area contributed by atoms with Crippen LogP contribution in [0.1, 0.15) is 62.8 Å². The average molecular weight is 377 g/mol. The van der Waals surface area contributed by atoms with E-state index >= 15 is 0 Å². The number of alkyl halides is 3. The molecule has 0 unspecified atom stereocenters. The number of ether oxygens (including phenoxy) is 1. The topological polar surface area (TPSA) is 33.0 Å². The molecule has 0 heterocycles. The molecule has 0 aliphatic heterocycles. The molecule has 0 aromatic heterocycles. The minimum Gasteiger partial charge on any atom is -0.406 e. The first-order valence-electron chi connectivity index (χ1n) is 9.86. The van der Waals surface area contributed by atoms with Gasteiger partial charge in [0.05, 0.1) is 6.07 Å². The van der Waals surface area contributed by atoms with Gasteiger partial charge in [0.15, 0.2) is 0 Å². The number of benzene rings is 1. The van der Waals surface area contributed by atoms with Gasteiger partial charge in [0.2, 0.25) is 0 Å². The fourth-order valence-corrected chi connectivity index (χ4v) is 4.85. The standard InChI is InChI=1S/C22H26F3NO/c23-22(24,25)27-21-13-11-20(12-14-21)19-9-7-18(8-10-19)17-5-3-16(4-6-17)2-1-15-26/h1-2,11-14,16-19H,3-10H2/t16-,17-,18-,19-. The zero-order valence-electron chi connectivity index (χ0n) is 15.4. The summed E-state index contributed by atoms with van der Waals surface area (Å²) < 4.78 is 40.7. The highest BCUT2D eigenvalue weighted by Gasteiger charge is 2.32. The molecular formula is C22H26F3NO. The first kappa shape index (κ1) is 19.8. The average Bonchev–Trinajstić information content (AvgIpc) is 2.66. The molecule has 1 aromatic carbocycles. The van der Waals surface area contributed by atoms with Gasteiger partial charge in [0.25, 0.3) is 0 Å². The lowest BCUT2D eigenvalue weighted by Crippen LogP contribution is -2.25. The molecule has 0 spiro atoms. The monoisotopic (exact) mass is 377 g/mol. The molecule has 1 aromatic rings. The summed E-state index contributed by atoms with van der Waals surface area (Å²) in [6.07, 6.45) is 8.52. The Morgan fingerprint density at radius 3 is 1.96 bits per heavy atom. The number of nitriles is 1. The maximum absolute atomic E-state index is 12.3. The Kier molecular flexibility index (Phi) is 6.46. The van der Waals surface area contributed by atoms with Crippen LogP contribution in [0.25, 0.3) is 0 Å². The summed E-state index contributed by atoms with van der Waals surface area (Å²) in [6.45, 7) is 0. The van der Waals surface area contributed by atoms with Gasteiger partial charge in [-0.25, -0.2) is 0 Å². The van der Waals surface area contributed by atoms with Crippen molar-refractivity contribution in [3.05, 3.63) is 42.0 Å². The summed E-state index contributed by atoms with van der Waals surface area (Å²) in [7, 11) is 0. The number of rotatable bonds is 4. The second-order valence-corrected chi connectivity index (χ2v) is 7.89. The van der Waals surface area contributed by atoms with Gasteiger partial charge in [0.1, 0.15) is 5.75 Å². The lowest BCUT2D eigenvalue weighted by atomic mass is 9.68. The maximum atomic E-state index is 12.3. The molecular weight excluding hydrogens is 351 g/mol. The molecule has 2 aliphatic carbocycles. The van der Waals surface area contributed by atoms with E-state index in [4.69, 9.17) is 5.26 Å². The molecule has 27 heavy (non-hydrogen) atoms. The Balaban J connectivity index is 1.47. The third-order valence-electron chi connectivity index (χ3n) is 6.28. The third kappa shape index (κ3) is 5.76. The molecule has 0 bridgehead atoms. The van der Waals surface area contributed by atoms with Crippen molar-refractivity contribution < 1.29 is 17.9 Å². The van der Waals surface area contributed by atoms with Gasteiger partial charge in [-0.2, -0.15) is 5.26 Å². The number of halogens is 3. The van der Waals surface area contributed by atoms with Crippen LogP contribution < -0.4 is 4.74 Å². The van der Waals surface area contributed by atoms with E-state index < -0.39 is 6.36 Å². The molecule has 146 valence electrons. The van der Waals surface area contributed by atoms with Crippen LogP contribution in [0.2, 0.25) is 0 Å². The smallest absolute Gasteiger partial charge is 0.406 e. The lowest BCUT2D eigenvalue weighted by Gasteiger charge is -2.37. The van der Waals surface area contributed by atoms with E-state index in [1.54, 1.807) is 18.2 Å². The third-order valence-corrected chi connectivity index (χ3v) is 6.28. The van der Waals surface area contributed by atoms with E-state index in [0.29, 0.717) is 11.8 Å². The van der Waals surface area contributed by atoms with Crippen LogP contribution >= 0.6 is 0 Å². The molecule has 0 saturated heterocycles. The minimum atomic E-state index is -4.64. The first-order valence-corrected chi connectivity index (χ1v) is 9.86. The summed E-state index contributed by atoms with van der Waals surface area (Å²) >= 11 is 0. The molecule has 5 heteroatoms. The second kappa shape index (κ2) is 8.82. The van der Waals surface area contributed by atoms with Gasteiger partial charge in [-0.3, -0.25) is 0 Å². The molecule has 2 aliphatic rings. The molecule has 2 saturated carbocycles. The first-order chi connectivity index (χ1) is 12.9. The second-order valence-electron chi connectivity index (χ2n) is 7.89. The SMILES string of the molecule is N#CC=C[C@H]1CC[C@H]([C@H]2CC[C@H](c3ccc(OC(F)(F)F)cc3)CC2)CC1. The summed E-state index contributed by atoms with van der Waals surface area (Å²) in [6, 6.07) is 8.48. The zero-order valence-corrected chi connectivity index (χ0v) is 15.4. The van der Waals surface area contributed by atoms with Gasteiger partial charge in [-0.05, 0) is 92.7 Å². The van der Waals surface area contributed by atoms with Crippen LogP contribution in [0.5, 0.6) is 5.75 Å². The molecule has 0 N–H and O–H groups in total. The fourth-order valence-electron chi connectivity index (χ4n) is 4.85. The molecule has 3 rings (SSSR count). The Hall–Kier alpha value is -1.96. The van der Waals surface area contributed by atoms with Gasteiger partial charge in [-0.15, -0.1) is 13.2 Å². The highest BCUT2D eigenvalue weighted by atomic mass is 19.4. The van der Waals surface area contributed by atoms with Crippen molar-refractivity contribution in [1.82, 2.24) is 0 Å². The Labute approximate surface area is 159 Å². The van der Waals surface area contributed by atoms with Gasteiger partial charge in [0, 0.05) is 6.08 Å². The highest BCUT2D eigenvalue weighted by Crippen LogP contribution is 2.44. The van der Waals surface area contributed by atoms with Crippen molar-refractivity contribution in [3.8, 4) is 11.8 Å². The Morgan fingerprint density at radius 1 is 0.889 bits per heavy atom. The maximum Gasteiger partial charge on any atom is 0.573 e. The summed E-state index contributed by atoms with van der Waals surface area (Å²) in [5.41, 5.74) is 1.12.